The molecule has 1 saturated heterocycles. The second-order valence-electron chi connectivity index (χ2n) is 6.71. The fourth-order valence-corrected chi connectivity index (χ4v) is 3.51. The van der Waals surface area contributed by atoms with Gasteiger partial charge in [-0.1, -0.05) is 24.3 Å². The Balaban J connectivity index is 1.39. The SMILES string of the molecule is O[C@H](CN1CCC(F)(c2cccnc2)CC1)c1cc2ccccc2o1. The minimum absolute atomic E-state index is 0.408. The van der Waals surface area contributed by atoms with Crippen LogP contribution in [0.4, 0.5) is 4.39 Å². The van der Waals surface area contributed by atoms with Gasteiger partial charge in [-0.25, -0.2) is 4.39 Å². The highest BCUT2D eigenvalue weighted by Crippen LogP contribution is 2.37. The van der Waals surface area contributed by atoms with Gasteiger partial charge in [0.25, 0.3) is 0 Å². The molecule has 1 aromatic carbocycles. The van der Waals surface area contributed by atoms with Gasteiger partial charge in [0.05, 0.1) is 0 Å². The van der Waals surface area contributed by atoms with Gasteiger partial charge < -0.3 is 14.4 Å². The molecule has 0 amide bonds. The molecule has 1 aliphatic rings. The number of piperidine rings is 1. The summed E-state index contributed by atoms with van der Waals surface area (Å²) < 4.78 is 20.9. The fraction of sp³-hybridized carbons (Fsp3) is 0.350. The summed E-state index contributed by atoms with van der Waals surface area (Å²) >= 11 is 0. The van der Waals surface area contributed by atoms with E-state index in [1.54, 1.807) is 24.5 Å². The van der Waals surface area contributed by atoms with E-state index in [0.717, 1.165) is 11.0 Å². The number of fused-ring (bicyclic) bond motifs is 1. The van der Waals surface area contributed by atoms with Crippen molar-refractivity contribution in [3.63, 3.8) is 0 Å². The van der Waals surface area contributed by atoms with Crippen LogP contribution in [0.5, 0.6) is 0 Å². The molecule has 1 aliphatic heterocycles. The Morgan fingerprint density at radius 3 is 2.72 bits per heavy atom. The summed E-state index contributed by atoms with van der Waals surface area (Å²) in [6.07, 6.45) is 3.37. The first-order chi connectivity index (χ1) is 12.1. The molecule has 0 unspecified atom stereocenters. The molecule has 1 atom stereocenters. The van der Waals surface area contributed by atoms with Crippen LogP contribution in [0.3, 0.4) is 0 Å². The van der Waals surface area contributed by atoms with Gasteiger partial charge in [-0.15, -0.1) is 0 Å². The maximum atomic E-state index is 15.1. The Hall–Kier alpha value is -2.24. The molecule has 2 aromatic heterocycles. The van der Waals surface area contributed by atoms with Crippen LogP contribution < -0.4 is 0 Å². The number of likely N-dealkylation sites (tertiary alicyclic amines) is 1. The Morgan fingerprint density at radius 2 is 2.00 bits per heavy atom. The molecule has 0 aliphatic carbocycles. The molecule has 3 heterocycles. The summed E-state index contributed by atoms with van der Waals surface area (Å²) in [4.78, 5) is 6.12. The predicted octanol–water partition coefficient (Wildman–Crippen LogP) is 3.82. The highest BCUT2D eigenvalue weighted by Gasteiger charge is 2.37. The van der Waals surface area contributed by atoms with Crippen molar-refractivity contribution >= 4 is 11.0 Å². The molecule has 0 radical (unpaired) electrons. The number of aliphatic hydroxyl groups excluding tert-OH is 1. The minimum Gasteiger partial charge on any atom is -0.458 e. The van der Waals surface area contributed by atoms with Crippen LogP contribution in [0.25, 0.3) is 11.0 Å². The van der Waals surface area contributed by atoms with Gasteiger partial charge in [-0.05, 0) is 31.0 Å². The summed E-state index contributed by atoms with van der Waals surface area (Å²) in [5.74, 6) is 0.561. The van der Waals surface area contributed by atoms with Gasteiger partial charge in [0.1, 0.15) is 23.1 Å². The third-order valence-electron chi connectivity index (χ3n) is 5.03. The predicted molar refractivity (Wildman–Crippen MR) is 93.9 cm³/mol. The summed E-state index contributed by atoms with van der Waals surface area (Å²) in [6.45, 7) is 1.65. The van der Waals surface area contributed by atoms with Gasteiger partial charge in [0.15, 0.2) is 0 Å². The number of halogens is 1. The maximum Gasteiger partial charge on any atom is 0.139 e. The highest BCUT2D eigenvalue weighted by atomic mass is 19.1. The van der Waals surface area contributed by atoms with Crippen molar-refractivity contribution in [2.24, 2.45) is 0 Å². The van der Waals surface area contributed by atoms with Gasteiger partial charge in [-0.3, -0.25) is 4.98 Å². The van der Waals surface area contributed by atoms with Crippen LogP contribution in [0.2, 0.25) is 0 Å². The Morgan fingerprint density at radius 1 is 1.20 bits per heavy atom. The van der Waals surface area contributed by atoms with E-state index in [-0.39, 0.29) is 0 Å². The third kappa shape index (κ3) is 3.30. The zero-order valence-corrected chi connectivity index (χ0v) is 13.9. The Kier molecular flexibility index (Phi) is 4.27. The molecule has 3 aromatic rings. The number of pyridine rings is 1. The molecule has 25 heavy (non-hydrogen) atoms. The lowest BCUT2D eigenvalue weighted by atomic mass is 9.87. The standard InChI is InChI=1S/C20H21FN2O2/c21-20(16-5-3-9-22-13-16)7-10-23(11-8-20)14-17(24)19-12-15-4-1-2-6-18(15)25-19/h1-6,9,12-13,17,24H,7-8,10-11,14H2/t17-/m1/s1. The summed E-state index contributed by atoms with van der Waals surface area (Å²) in [7, 11) is 0. The summed E-state index contributed by atoms with van der Waals surface area (Å²) in [5, 5.41) is 11.5. The largest absolute Gasteiger partial charge is 0.458 e. The number of alkyl halides is 1. The number of aromatic nitrogens is 1. The molecule has 0 spiro atoms. The van der Waals surface area contributed by atoms with E-state index in [1.807, 2.05) is 30.3 Å². The van der Waals surface area contributed by atoms with Crippen molar-refractivity contribution in [1.29, 1.82) is 0 Å². The number of furan rings is 1. The molecule has 0 bridgehead atoms. The van der Waals surface area contributed by atoms with Crippen molar-refractivity contribution in [2.75, 3.05) is 19.6 Å². The van der Waals surface area contributed by atoms with Gasteiger partial charge in [0.2, 0.25) is 0 Å². The van der Waals surface area contributed by atoms with E-state index < -0.39 is 11.8 Å². The number of para-hydroxylation sites is 1. The quantitative estimate of drug-likeness (QED) is 0.784. The van der Waals surface area contributed by atoms with Crippen LogP contribution in [0.15, 0.2) is 59.3 Å². The molecule has 0 saturated carbocycles. The molecule has 5 heteroatoms. The van der Waals surface area contributed by atoms with E-state index in [4.69, 9.17) is 4.42 Å². The van der Waals surface area contributed by atoms with Crippen molar-refractivity contribution in [1.82, 2.24) is 9.88 Å². The minimum atomic E-state index is -1.32. The normalized spacial score (nSPS) is 19.1. The number of rotatable bonds is 4. The van der Waals surface area contributed by atoms with Gasteiger partial charge >= 0.3 is 0 Å². The number of aliphatic hydroxyl groups is 1. The molecule has 1 fully saturated rings. The molecule has 130 valence electrons. The summed E-state index contributed by atoms with van der Waals surface area (Å²) in [6, 6.07) is 13.1. The first kappa shape index (κ1) is 16.2. The fourth-order valence-electron chi connectivity index (χ4n) is 3.51. The summed E-state index contributed by atoms with van der Waals surface area (Å²) in [5.41, 5.74) is 0.0942. The van der Waals surface area contributed by atoms with Crippen LogP contribution in [-0.2, 0) is 5.67 Å². The zero-order chi connectivity index (χ0) is 17.3. The van der Waals surface area contributed by atoms with Crippen molar-refractivity contribution in [3.8, 4) is 0 Å². The van der Waals surface area contributed by atoms with E-state index in [2.05, 4.69) is 9.88 Å². The van der Waals surface area contributed by atoms with Crippen LogP contribution in [0.1, 0.15) is 30.3 Å². The van der Waals surface area contributed by atoms with Crippen molar-refractivity contribution in [2.45, 2.75) is 24.6 Å². The number of benzene rings is 1. The lowest BCUT2D eigenvalue weighted by molar-refractivity contribution is 0.0257. The van der Waals surface area contributed by atoms with Gasteiger partial charge in [-0.2, -0.15) is 0 Å². The van der Waals surface area contributed by atoms with E-state index >= 15 is 4.39 Å². The van der Waals surface area contributed by atoms with Crippen LogP contribution in [0, 0.1) is 0 Å². The zero-order valence-electron chi connectivity index (χ0n) is 13.9. The molecular formula is C20H21FN2O2. The molecular weight excluding hydrogens is 319 g/mol. The average molecular weight is 340 g/mol. The van der Waals surface area contributed by atoms with Crippen LogP contribution in [-0.4, -0.2) is 34.6 Å². The maximum absolute atomic E-state index is 15.1. The van der Waals surface area contributed by atoms with Gasteiger partial charge in [0, 0.05) is 43.0 Å². The van der Waals surface area contributed by atoms with E-state index in [0.29, 0.717) is 43.8 Å². The topological polar surface area (TPSA) is 49.5 Å². The lowest BCUT2D eigenvalue weighted by Gasteiger charge is -2.37. The Labute approximate surface area is 145 Å². The van der Waals surface area contributed by atoms with E-state index in [9.17, 15) is 5.11 Å². The molecule has 4 nitrogen and oxygen atoms in total. The van der Waals surface area contributed by atoms with E-state index in [1.165, 1.54) is 0 Å². The second-order valence-corrected chi connectivity index (χ2v) is 6.71. The smallest absolute Gasteiger partial charge is 0.139 e. The highest BCUT2D eigenvalue weighted by molar-refractivity contribution is 5.77. The Bertz CT molecular complexity index is 808. The first-order valence-electron chi connectivity index (χ1n) is 8.62. The molecule has 4 rings (SSSR count). The van der Waals surface area contributed by atoms with Crippen molar-refractivity contribution < 1.29 is 13.9 Å². The van der Waals surface area contributed by atoms with Crippen molar-refractivity contribution in [3.05, 3.63) is 66.2 Å². The number of hydrogen-bond acceptors (Lipinski definition) is 4. The average Bonchev–Trinajstić information content (AvgIpc) is 3.09. The lowest BCUT2D eigenvalue weighted by Crippen LogP contribution is -2.41. The van der Waals surface area contributed by atoms with Crippen LogP contribution >= 0.6 is 0 Å². The second kappa shape index (κ2) is 6.58. The first-order valence-corrected chi connectivity index (χ1v) is 8.62. The number of nitrogens with zero attached hydrogens (tertiary/aromatic N) is 2. The monoisotopic (exact) mass is 340 g/mol. The molecule has 1 N–H and O–H groups in total. The number of hydrogen-bond donors (Lipinski definition) is 1. The third-order valence-corrected chi connectivity index (χ3v) is 5.03. The number of β-amino-alcohol motifs (C(OH)–C–C–N with tert-alkyl or cyclic N) is 1.